The van der Waals surface area contributed by atoms with Crippen molar-refractivity contribution in [3.05, 3.63) is 0 Å². The van der Waals surface area contributed by atoms with Gasteiger partial charge in [0.25, 0.3) is 9.12 Å². The van der Waals surface area contributed by atoms with Crippen molar-refractivity contribution >= 4 is 57.3 Å². The van der Waals surface area contributed by atoms with Crippen molar-refractivity contribution in [1.29, 1.82) is 0 Å². The maximum atomic E-state index is 8.74. The summed E-state index contributed by atoms with van der Waals surface area (Å²) >= 11 is 0. The molecule has 9 heteroatoms. The molecule has 0 aliphatic rings. The summed E-state index contributed by atoms with van der Waals surface area (Å²) in [7, 11) is -2.39. The quantitative estimate of drug-likeness (QED) is 0.334. The molecule has 2 N–H and O–H groups in total. The zero-order valence-corrected chi connectivity index (χ0v) is 8.36. The fourth-order valence-electron chi connectivity index (χ4n) is 0. The summed E-state index contributed by atoms with van der Waals surface area (Å²) in [6.45, 7) is 0. The van der Waals surface area contributed by atoms with Gasteiger partial charge in [-0.05, 0) is 0 Å². The van der Waals surface area contributed by atoms with E-state index in [9.17, 15) is 0 Å². The molecule has 0 heterocycles. The van der Waals surface area contributed by atoms with E-state index in [1.807, 2.05) is 0 Å². The molecule has 0 aromatic carbocycles. The summed E-state index contributed by atoms with van der Waals surface area (Å²) in [6, 6.07) is 0. The Morgan fingerprint density at radius 3 is 1.11 bits per heavy atom. The van der Waals surface area contributed by atoms with Crippen LogP contribution in [0.1, 0.15) is 0 Å². The predicted octanol–water partition coefficient (Wildman–Crippen LogP) is -0.829. The molecule has 9 heavy (non-hydrogen) atoms. The number of rotatable bonds is 0. The predicted molar refractivity (Wildman–Crippen MR) is 30.3 cm³/mol. The molecule has 5 nitrogen and oxygen atoms in total. The van der Waals surface area contributed by atoms with E-state index in [1.165, 1.54) is 0 Å². The van der Waals surface area contributed by atoms with Crippen LogP contribution in [-0.2, 0) is 34.4 Å². The summed E-state index contributed by atoms with van der Waals surface area (Å²) in [5.41, 5.74) is 0. The Balaban J connectivity index is -0.0000000286. The van der Waals surface area contributed by atoms with Crippen LogP contribution in [0.4, 0.5) is 0 Å². The van der Waals surface area contributed by atoms with Crippen molar-refractivity contribution < 1.29 is 41.6 Å². The zero-order chi connectivity index (χ0) is 6.50. The van der Waals surface area contributed by atoms with Gasteiger partial charge in [-0.15, -0.1) is 0 Å². The summed E-state index contributed by atoms with van der Waals surface area (Å²) < 4.78 is 39.5. The van der Waals surface area contributed by atoms with E-state index in [0.717, 1.165) is 0 Å². The summed E-state index contributed by atoms with van der Waals surface area (Å²) in [5, 5.41) is 0. The molecule has 0 amide bonds. The Morgan fingerprint density at radius 1 is 1.11 bits per heavy atom. The van der Waals surface area contributed by atoms with E-state index in [2.05, 4.69) is 9.12 Å². The van der Waals surface area contributed by atoms with Gasteiger partial charge in [0.15, 0.2) is 0 Å². The minimum absolute atomic E-state index is 0. The molecule has 1 radical (unpaired) electrons. The van der Waals surface area contributed by atoms with Crippen molar-refractivity contribution in [2.45, 2.75) is 0 Å². The summed E-state index contributed by atoms with van der Waals surface area (Å²) in [6.07, 6.45) is 0. The Bertz CT molecular complexity index is 111. The minimum Gasteiger partial charge on any atom is 0 e. The van der Waals surface area contributed by atoms with Crippen molar-refractivity contribution in [2.24, 2.45) is 0 Å². The van der Waals surface area contributed by atoms with Gasteiger partial charge < -0.3 is 0 Å². The molecule has 0 spiro atoms. The Morgan fingerprint density at radius 2 is 1.11 bits per heavy atom. The largest absolute Gasteiger partial charge is 0 e. The van der Waals surface area contributed by atoms with Crippen LogP contribution < -0.4 is 0 Å². The van der Waals surface area contributed by atoms with E-state index in [4.69, 9.17) is 22.1 Å². The third kappa shape index (κ3) is 177. The van der Waals surface area contributed by atoms with Gasteiger partial charge >= 0.3 is 48.1 Å². The Kier molecular flexibility index (Phi) is 31.2. The van der Waals surface area contributed by atoms with Gasteiger partial charge in [-0.1, -0.05) is 0 Å². The smallest absolute Gasteiger partial charge is 0 e. The first-order chi connectivity index (χ1) is 3.00. The number of hydrogen-bond acceptors (Lipinski definition) is 3. The van der Waals surface area contributed by atoms with Gasteiger partial charge in [0.05, 0.1) is 0 Å². The fraction of sp³-hybridized carbons (Fsp3) is 0. The standard InChI is InChI=1S/Ca.H2O4S.OP.Zn.2H/c;1-5(2,3)4;1-2;;;/h;(H2,1,2,3,4);;;;. The molecular weight excluding hydrogens is 249 g/mol. The second kappa shape index (κ2) is 12.5. The minimum atomic E-state index is -4.67. The molecule has 0 fully saturated rings. The molecule has 0 atom stereocenters. The van der Waals surface area contributed by atoms with E-state index in [1.54, 1.807) is 0 Å². The topological polar surface area (TPSA) is 91.7 Å². The third-order valence-corrected chi connectivity index (χ3v) is 0. The van der Waals surface area contributed by atoms with E-state index in [-0.39, 0.29) is 57.2 Å². The van der Waals surface area contributed by atoms with Crippen LogP contribution in [-0.4, -0.2) is 55.3 Å². The molecule has 0 aliphatic heterocycles. The van der Waals surface area contributed by atoms with Gasteiger partial charge in [-0.25, -0.2) is 0 Å². The van der Waals surface area contributed by atoms with Gasteiger partial charge in [-0.2, -0.15) is 8.42 Å². The first-order valence-corrected chi connectivity index (χ1v) is 2.64. The van der Waals surface area contributed by atoms with E-state index in [0.29, 0.717) is 0 Å². The van der Waals surface area contributed by atoms with Crippen LogP contribution in [0.2, 0.25) is 0 Å². The first kappa shape index (κ1) is 22.4. The average molecular weight is 253 g/mol. The second-order valence-electron chi connectivity index (χ2n) is 0.448. The fourth-order valence-corrected chi connectivity index (χ4v) is 0. The van der Waals surface area contributed by atoms with Crippen molar-refractivity contribution in [3.8, 4) is 0 Å². The molecule has 0 rings (SSSR count). The first-order valence-electron chi connectivity index (χ1n) is 0.881. The van der Waals surface area contributed by atoms with E-state index < -0.39 is 10.4 Å². The van der Waals surface area contributed by atoms with Crippen LogP contribution >= 0.6 is 9.12 Å². The van der Waals surface area contributed by atoms with Crippen LogP contribution in [0, 0.1) is 0 Å². The van der Waals surface area contributed by atoms with Crippen LogP contribution in [0.5, 0.6) is 0 Å². The van der Waals surface area contributed by atoms with Crippen LogP contribution in [0.15, 0.2) is 0 Å². The molecule has 0 bridgehead atoms. The van der Waals surface area contributed by atoms with Gasteiger partial charge in [0, 0.05) is 19.5 Å². The molecule has 0 unspecified atom stereocenters. The summed E-state index contributed by atoms with van der Waals surface area (Å²) in [5.74, 6) is 0. The molecule has 49 valence electrons. The third-order valence-electron chi connectivity index (χ3n) is 0. The monoisotopic (exact) mass is 251 g/mol. The Hall–Kier alpha value is 1.85. The molecule has 0 aromatic rings. The Labute approximate surface area is 97.5 Å². The maximum Gasteiger partial charge on any atom is 0 e. The SMILES string of the molecule is O=S(=O)(O)O.O=[P].[CaH2].[Zn]. The number of hydrogen-bond donors (Lipinski definition) is 2. The normalized spacial score (nSPS) is 6.89. The van der Waals surface area contributed by atoms with E-state index >= 15 is 0 Å². The van der Waals surface area contributed by atoms with Crippen LogP contribution in [0.25, 0.3) is 0 Å². The van der Waals surface area contributed by atoms with Crippen LogP contribution in [0.3, 0.4) is 0 Å². The van der Waals surface area contributed by atoms with Gasteiger partial charge in [-0.3, -0.25) is 13.7 Å². The zero-order valence-electron chi connectivity index (χ0n) is 3.68. The van der Waals surface area contributed by atoms with Gasteiger partial charge in [0.1, 0.15) is 0 Å². The molecule has 0 aliphatic carbocycles. The average Bonchev–Trinajstić information content (AvgIpc) is 1.36. The maximum absolute atomic E-state index is 8.74. The molecular formula is H4CaO5PSZn. The van der Waals surface area contributed by atoms with Crippen molar-refractivity contribution in [2.75, 3.05) is 0 Å². The van der Waals surface area contributed by atoms with Crippen molar-refractivity contribution in [3.63, 3.8) is 0 Å². The molecule has 0 saturated carbocycles. The summed E-state index contributed by atoms with van der Waals surface area (Å²) in [4.78, 5) is 0. The molecule has 0 saturated heterocycles. The van der Waals surface area contributed by atoms with Crippen molar-refractivity contribution in [1.82, 2.24) is 0 Å². The molecule has 0 aromatic heterocycles. The van der Waals surface area contributed by atoms with Gasteiger partial charge in [0.2, 0.25) is 0 Å². The second-order valence-corrected chi connectivity index (χ2v) is 1.34.